The van der Waals surface area contributed by atoms with E-state index in [1.807, 2.05) is 32.0 Å². The lowest BCUT2D eigenvalue weighted by atomic mass is 10.1. The van der Waals surface area contributed by atoms with Crippen molar-refractivity contribution in [2.75, 3.05) is 26.2 Å². The van der Waals surface area contributed by atoms with E-state index in [1.165, 1.54) is 0 Å². The van der Waals surface area contributed by atoms with Crippen LogP contribution in [-0.4, -0.2) is 43.0 Å². The van der Waals surface area contributed by atoms with Crippen LogP contribution in [0.1, 0.15) is 24.0 Å². The van der Waals surface area contributed by atoms with Crippen molar-refractivity contribution in [3.8, 4) is 5.75 Å². The average molecular weight is 290 g/mol. The normalized spacial score (nSPS) is 15.3. The van der Waals surface area contributed by atoms with Gasteiger partial charge in [-0.3, -0.25) is 9.59 Å². The molecule has 0 saturated carbocycles. The second kappa shape index (κ2) is 7.11. The molecule has 1 saturated heterocycles. The van der Waals surface area contributed by atoms with Gasteiger partial charge in [-0.25, -0.2) is 0 Å². The van der Waals surface area contributed by atoms with Crippen molar-refractivity contribution in [3.05, 3.63) is 29.3 Å². The molecule has 0 atom stereocenters. The zero-order valence-electron chi connectivity index (χ0n) is 12.6. The van der Waals surface area contributed by atoms with Crippen LogP contribution >= 0.6 is 0 Å². The maximum atomic E-state index is 12.1. The Labute approximate surface area is 125 Å². The van der Waals surface area contributed by atoms with Crippen LogP contribution in [0.3, 0.4) is 0 Å². The van der Waals surface area contributed by atoms with Gasteiger partial charge in [0.25, 0.3) is 0 Å². The number of hydrogen-bond donors (Lipinski definition) is 1. The van der Waals surface area contributed by atoms with Gasteiger partial charge in [-0.2, -0.15) is 0 Å². The van der Waals surface area contributed by atoms with Crippen molar-refractivity contribution in [1.29, 1.82) is 0 Å². The third-order valence-corrected chi connectivity index (χ3v) is 3.64. The molecule has 1 aliphatic rings. The number of hydrogen-bond acceptors (Lipinski definition) is 3. The Hall–Kier alpha value is -2.04. The smallest absolute Gasteiger partial charge is 0.226 e. The van der Waals surface area contributed by atoms with E-state index in [2.05, 4.69) is 5.32 Å². The van der Waals surface area contributed by atoms with Gasteiger partial charge in [-0.15, -0.1) is 0 Å². The number of rotatable bonds is 4. The van der Waals surface area contributed by atoms with Gasteiger partial charge in [0.05, 0.1) is 13.0 Å². The van der Waals surface area contributed by atoms with E-state index in [1.54, 1.807) is 4.90 Å². The molecule has 0 unspecified atom stereocenters. The van der Waals surface area contributed by atoms with Gasteiger partial charge in [0.2, 0.25) is 11.8 Å². The molecule has 1 fully saturated rings. The topological polar surface area (TPSA) is 58.6 Å². The molecule has 5 nitrogen and oxygen atoms in total. The SMILES string of the molecule is Cc1cccc(C)c1OCCC(=O)N1CCNC(=O)CC1. The van der Waals surface area contributed by atoms with Crippen LogP contribution in [0.2, 0.25) is 0 Å². The monoisotopic (exact) mass is 290 g/mol. The fraction of sp³-hybridized carbons (Fsp3) is 0.500. The van der Waals surface area contributed by atoms with Gasteiger partial charge in [-0.05, 0) is 25.0 Å². The zero-order valence-corrected chi connectivity index (χ0v) is 12.6. The summed E-state index contributed by atoms with van der Waals surface area (Å²) in [6, 6.07) is 5.98. The van der Waals surface area contributed by atoms with Crippen LogP contribution in [0, 0.1) is 13.8 Å². The predicted molar refractivity (Wildman–Crippen MR) is 80.2 cm³/mol. The maximum absolute atomic E-state index is 12.1. The molecule has 0 bridgehead atoms. The zero-order chi connectivity index (χ0) is 15.2. The summed E-state index contributed by atoms with van der Waals surface area (Å²) in [5.41, 5.74) is 2.15. The number of aryl methyl sites for hydroxylation is 2. The van der Waals surface area contributed by atoms with E-state index in [0.717, 1.165) is 16.9 Å². The molecule has 1 aliphatic heterocycles. The molecule has 0 spiro atoms. The second-order valence-corrected chi connectivity index (χ2v) is 5.30. The van der Waals surface area contributed by atoms with E-state index in [-0.39, 0.29) is 11.8 Å². The quantitative estimate of drug-likeness (QED) is 0.912. The molecular weight excluding hydrogens is 268 g/mol. The molecule has 114 valence electrons. The summed E-state index contributed by atoms with van der Waals surface area (Å²) < 4.78 is 5.75. The molecule has 1 aromatic carbocycles. The van der Waals surface area contributed by atoms with E-state index < -0.39 is 0 Å². The number of benzene rings is 1. The van der Waals surface area contributed by atoms with E-state index in [4.69, 9.17) is 4.74 Å². The van der Waals surface area contributed by atoms with Crippen LogP contribution in [0.5, 0.6) is 5.75 Å². The Kier molecular flexibility index (Phi) is 5.20. The molecule has 1 heterocycles. The molecule has 0 aliphatic carbocycles. The number of ether oxygens (including phenoxy) is 1. The van der Waals surface area contributed by atoms with Gasteiger partial charge in [-0.1, -0.05) is 18.2 Å². The Bertz CT molecular complexity index is 508. The van der Waals surface area contributed by atoms with Crippen LogP contribution in [0.25, 0.3) is 0 Å². The average Bonchev–Trinajstić information content (AvgIpc) is 2.67. The summed E-state index contributed by atoms with van der Waals surface area (Å²) >= 11 is 0. The summed E-state index contributed by atoms with van der Waals surface area (Å²) in [6.45, 7) is 5.96. The van der Waals surface area contributed by atoms with Crippen molar-refractivity contribution in [2.24, 2.45) is 0 Å². The largest absolute Gasteiger partial charge is 0.493 e. The van der Waals surface area contributed by atoms with Gasteiger partial charge >= 0.3 is 0 Å². The number of carbonyl (C=O) groups excluding carboxylic acids is 2. The molecule has 0 aromatic heterocycles. The van der Waals surface area contributed by atoms with Crippen molar-refractivity contribution < 1.29 is 14.3 Å². The minimum absolute atomic E-state index is 0.0112. The first-order valence-corrected chi connectivity index (χ1v) is 7.31. The first kappa shape index (κ1) is 15.4. The third-order valence-electron chi connectivity index (χ3n) is 3.64. The lowest BCUT2D eigenvalue weighted by Crippen LogP contribution is -2.34. The molecule has 1 aromatic rings. The Morgan fingerprint density at radius 2 is 2.00 bits per heavy atom. The molecule has 0 radical (unpaired) electrons. The van der Waals surface area contributed by atoms with Crippen molar-refractivity contribution >= 4 is 11.8 Å². The van der Waals surface area contributed by atoms with Crippen LogP contribution in [-0.2, 0) is 9.59 Å². The fourth-order valence-electron chi connectivity index (χ4n) is 2.44. The summed E-state index contributed by atoms with van der Waals surface area (Å²) in [5.74, 6) is 0.910. The molecule has 1 N–H and O–H groups in total. The first-order chi connectivity index (χ1) is 10.1. The summed E-state index contributed by atoms with van der Waals surface area (Å²) in [7, 11) is 0. The molecule has 21 heavy (non-hydrogen) atoms. The van der Waals surface area contributed by atoms with Gasteiger partial charge in [0, 0.05) is 26.1 Å². The molecular formula is C16H22N2O3. The van der Waals surface area contributed by atoms with E-state index >= 15 is 0 Å². The summed E-state index contributed by atoms with van der Waals surface area (Å²) in [5, 5.41) is 2.76. The van der Waals surface area contributed by atoms with Crippen molar-refractivity contribution in [1.82, 2.24) is 10.2 Å². The lowest BCUT2D eigenvalue weighted by molar-refractivity contribution is -0.131. The van der Waals surface area contributed by atoms with E-state index in [0.29, 0.717) is 39.1 Å². The number of para-hydroxylation sites is 1. The van der Waals surface area contributed by atoms with Gasteiger partial charge in [0.1, 0.15) is 5.75 Å². The van der Waals surface area contributed by atoms with Gasteiger partial charge in [0.15, 0.2) is 0 Å². The Morgan fingerprint density at radius 3 is 2.71 bits per heavy atom. The van der Waals surface area contributed by atoms with Crippen LogP contribution in [0.4, 0.5) is 0 Å². The van der Waals surface area contributed by atoms with Crippen LogP contribution in [0.15, 0.2) is 18.2 Å². The predicted octanol–water partition coefficient (Wildman–Crippen LogP) is 1.42. The van der Waals surface area contributed by atoms with Crippen LogP contribution < -0.4 is 10.1 Å². The highest BCUT2D eigenvalue weighted by molar-refractivity contribution is 5.80. The first-order valence-electron chi connectivity index (χ1n) is 7.31. The van der Waals surface area contributed by atoms with Gasteiger partial charge < -0.3 is 15.0 Å². The number of amides is 2. The van der Waals surface area contributed by atoms with E-state index in [9.17, 15) is 9.59 Å². The minimum atomic E-state index is 0.0112. The molecule has 5 heteroatoms. The number of nitrogens with one attached hydrogen (secondary N) is 1. The Balaban J connectivity index is 1.83. The fourth-order valence-corrected chi connectivity index (χ4v) is 2.44. The highest BCUT2D eigenvalue weighted by Crippen LogP contribution is 2.22. The highest BCUT2D eigenvalue weighted by atomic mass is 16.5. The number of nitrogens with zero attached hydrogens (tertiary/aromatic N) is 1. The molecule has 2 rings (SSSR count). The minimum Gasteiger partial charge on any atom is -0.493 e. The second-order valence-electron chi connectivity index (χ2n) is 5.30. The maximum Gasteiger partial charge on any atom is 0.226 e. The third kappa shape index (κ3) is 4.21. The lowest BCUT2D eigenvalue weighted by Gasteiger charge is -2.20. The van der Waals surface area contributed by atoms with Crippen molar-refractivity contribution in [2.45, 2.75) is 26.7 Å². The highest BCUT2D eigenvalue weighted by Gasteiger charge is 2.18. The van der Waals surface area contributed by atoms with Crippen molar-refractivity contribution in [3.63, 3.8) is 0 Å². The number of carbonyl (C=O) groups is 2. The standard InChI is InChI=1S/C16H22N2O3/c1-12-4-3-5-13(2)16(12)21-11-7-15(20)18-9-6-14(19)17-8-10-18/h3-5H,6-11H2,1-2H3,(H,17,19). The summed E-state index contributed by atoms with van der Waals surface area (Å²) in [4.78, 5) is 25.1. The Morgan fingerprint density at radius 1 is 1.29 bits per heavy atom. The molecule has 2 amide bonds. The summed E-state index contributed by atoms with van der Waals surface area (Å²) in [6.07, 6.45) is 0.714.